The Hall–Kier alpha value is -1.81. The first-order valence-electron chi connectivity index (χ1n) is 6.59. The van der Waals surface area contributed by atoms with Gasteiger partial charge < -0.3 is 5.73 Å². The zero-order valence-electron chi connectivity index (χ0n) is 11.7. The van der Waals surface area contributed by atoms with E-state index in [1.807, 2.05) is 6.92 Å². The molecule has 1 aromatic carbocycles. The molecule has 1 heterocycles. The molecule has 0 unspecified atom stereocenters. The molecule has 0 radical (unpaired) electrons. The average Bonchev–Trinajstić information content (AvgIpc) is 2.38. The molecule has 0 fully saturated rings. The zero-order chi connectivity index (χ0) is 13.8. The molecule has 100 valence electrons. The molecule has 2 aromatic rings. The minimum absolute atomic E-state index is 0.335. The second-order valence-electron chi connectivity index (χ2n) is 5.12. The van der Waals surface area contributed by atoms with Crippen molar-refractivity contribution in [1.82, 2.24) is 15.0 Å². The van der Waals surface area contributed by atoms with Gasteiger partial charge in [0.1, 0.15) is 11.6 Å². The summed E-state index contributed by atoms with van der Waals surface area (Å²) in [6.07, 6.45) is 1.09. The van der Waals surface area contributed by atoms with E-state index in [1.54, 1.807) is 0 Å². The molecule has 2 N–H and O–H groups in total. The summed E-state index contributed by atoms with van der Waals surface area (Å²) in [6.45, 7) is 6.63. The van der Waals surface area contributed by atoms with Crippen LogP contribution in [0.15, 0.2) is 24.3 Å². The van der Waals surface area contributed by atoms with E-state index in [4.69, 9.17) is 5.73 Å². The van der Waals surface area contributed by atoms with Crippen LogP contribution in [0.1, 0.15) is 31.1 Å². The highest BCUT2D eigenvalue weighted by molar-refractivity contribution is 5.55. The Bertz CT molecular complexity index is 547. The average molecular weight is 256 g/mol. The second-order valence-corrected chi connectivity index (χ2v) is 5.12. The molecule has 1 aromatic heterocycles. The highest BCUT2D eigenvalue weighted by atomic mass is 15.0. The van der Waals surface area contributed by atoms with Crippen LogP contribution in [0.3, 0.4) is 0 Å². The predicted octanol–water partition coefficient (Wildman–Crippen LogP) is 2.50. The van der Waals surface area contributed by atoms with Crippen LogP contribution >= 0.6 is 0 Å². The van der Waals surface area contributed by atoms with Crippen molar-refractivity contribution in [3.05, 3.63) is 41.5 Å². The summed E-state index contributed by atoms with van der Waals surface area (Å²) in [5.74, 6) is 2.70. The summed E-state index contributed by atoms with van der Waals surface area (Å²) in [5.41, 5.74) is 7.94. The van der Waals surface area contributed by atoms with E-state index in [-0.39, 0.29) is 0 Å². The topological polar surface area (TPSA) is 64.7 Å². The van der Waals surface area contributed by atoms with Crippen molar-refractivity contribution in [3.8, 4) is 11.4 Å². The van der Waals surface area contributed by atoms with Gasteiger partial charge in [0, 0.05) is 5.56 Å². The molecule has 0 aliphatic heterocycles. The Morgan fingerprint density at radius 2 is 1.74 bits per heavy atom. The minimum Gasteiger partial charge on any atom is -0.324 e. The van der Waals surface area contributed by atoms with Crippen LogP contribution in [0, 0.1) is 12.8 Å². The maximum absolute atomic E-state index is 5.59. The van der Waals surface area contributed by atoms with Gasteiger partial charge in [-0.3, -0.25) is 0 Å². The van der Waals surface area contributed by atoms with Crippen molar-refractivity contribution in [2.75, 3.05) is 0 Å². The maximum atomic E-state index is 5.59. The lowest BCUT2D eigenvalue weighted by Crippen LogP contribution is -2.07. The molecule has 0 bridgehead atoms. The van der Waals surface area contributed by atoms with Gasteiger partial charge in [-0.05, 0) is 24.8 Å². The van der Waals surface area contributed by atoms with E-state index in [0.717, 1.165) is 12.0 Å². The van der Waals surface area contributed by atoms with Gasteiger partial charge in [-0.2, -0.15) is 0 Å². The first kappa shape index (κ1) is 13.6. The summed E-state index contributed by atoms with van der Waals surface area (Å²) in [7, 11) is 0. The Kier molecular flexibility index (Phi) is 4.22. The molecular formula is C15H20N4. The van der Waals surface area contributed by atoms with Gasteiger partial charge in [0.2, 0.25) is 0 Å². The lowest BCUT2D eigenvalue weighted by Gasteiger charge is -2.07. The molecule has 0 spiro atoms. The molecule has 4 nitrogen and oxygen atoms in total. The van der Waals surface area contributed by atoms with Gasteiger partial charge in [0.05, 0.1) is 6.54 Å². The van der Waals surface area contributed by atoms with Gasteiger partial charge in [0.25, 0.3) is 0 Å². The Morgan fingerprint density at radius 3 is 2.32 bits per heavy atom. The van der Waals surface area contributed by atoms with Gasteiger partial charge >= 0.3 is 0 Å². The van der Waals surface area contributed by atoms with Crippen LogP contribution in [0.25, 0.3) is 11.4 Å². The van der Waals surface area contributed by atoms with Crippen molar-refractivity contribution in [2.24, 2.45) is 11.7 Å². The van der Waals surface area contributed by atoms with Crippen LogP contribution in [0.2, 0.25) is 0 Å². The molecule has 0 saturated heterocycles. The number of aryl methyl sites for hydroxylation is 1. The third kappa shape index (κ3) is 3.58. The Balaban J connectivity index is 2.29. The van der Waals surface area contributed by atoms with E-state index in [9.17, 15) is 0 Å². The highest BCUT2D eigenvalue weighted by Gasteiger charge is 2.06. The van der Waals surface area contributed by atoms with Gasteiger partial charge in [-0.15, -0.1) is 0 Å². The fourth-order valence-electron chi connectivity index (χ4n) is 2.02. The molecule has 0 atom stereocenters. The van der Waals surface area contributed by atoms with Crippen molar-refractivity contribution in [2.45, 2.75) is 33.7 Å². The van der Waals surface area contributed by atoms with Crippen LogP contribution in [-0.2, 0) is 13.0 Å². The number of aromatic nitrogens is 3. The van der Waals surface area contributed by atoms with E-state index >= 15 is 0 Å². The van der Waals surface area contributed by atoms with Crippen molar-refractivity contribution < 1.29 is 0 Å². The van der Waals surface area contributed by atoms with Gasteiger partial charge in [-0.25, -0.2) is 15.0 Å². The van der Waals surface area contributed by atoms with Gasteiger partial charge in [-0.1, -0.05) is 38.1 Å². The summed E-state index contributed by atoms with van der Waals surface area (Å²) in [6, 6.07) is 8.40. The van der Waals surface area contributed by atoms with Crippen molar-refractivity contribution >= 4 is 0 Å². The standard InChI is InChI=1S/C15H20N4/c1-10(2)8-12-4-6-13(7-5-12)15-18-11(3)17-14(9-16)19-15/h4-7,10H,8-9,16H2,1-3H3. The van der Waals surface area contributed by atoms with Crippen LogP contribution in [0.4, 0.5) is 0 Å². The largest absolute Gasteiger partial charge is 0.324 e. The number of hydrogen-bond donors (Lipinski definition) is 1. The number of benzene rings is 1. The number of nitrogens with two attached hydrogens (primary N) is 1. The van der Waals surface area contributed by atoms with Crippen LogP contribution in [-0.4, -0.2) is 15.0 Å². The maximum Gasteiger partial charge on any atom is 0.163 e. The fraction of sp³-hybridized carbons (Fsp3) is 0.400. The molecular weight excluding hydrogens is 236 g/mol. The van der Waals surface area contributed by atoms with E-state index < -0.39 is 0 Å². The van der Waals surface area contributed by atoms with Crippen LogP contribution in [0.5, 0.6) is 0 Å². The molecule has 4 heteroatoms. The predicted molar refractivity (Wildman–Crippen MR) is 76.4 cm³/mol. The zero-order valence-corrected chi connectivity index (χ0v) is 11.7. The smallest absolute Gasteiger partial charge is 0.163 e. The third-order valence-electron chi connectivity index (χ3n) is 2.83. The van der Waals surface area contributed by atoms with E-state index in [2.05, 4.69) is 53.1 Å². The summed E-state index contributed by atoms with van der Waals surface area (Å²) < 4.78 is 0. The molecule has 19 heavy (non-hydrogen) atoms. The molecule has 0 aliphatic carbocycles. The summed E-state index contributed by atoms with van der Waals surface area (Å²) in [5, 5.41) is 0. The highest BCUT2D eigenvalue weighted by Crippen LogP contribution is 2.17. The lowest BCUT2D eigenvalue weighted by molar-refractivity contribution is 0.647. The minimum atomic E-state index is 0.335. The normalized spacial score (nSPS) is 11.0. The van der Waals surface area contributed by atoms with Crippen LogP contribution < -0.4 is 5.73 Å². The molecule has 2 rings (SSSR count). The lowest BCUT2D eigenvalue weighted by atomic mass is 10.0. The molecule has 0 amide bonds. The summed E-state index contributed by atoms with van der Waals surface area (Å²) in [4.78, 5) is 12.9. The number of nitrogens with zero attached hydrogens (tertiary/aromatic N) is 3. The fourth-order valence-corrected chi connectivity index (χ4v) is 2.02. The quantitative estimate of drug-likeness (QED) is 0.912. The van der Waals surface area contributed by atoms with Gasteiger partial charge in [0.15, 0.2) is 5.82 Å². The first-order valence-corrected chi connectivity index (χ1v) is 6.59. The van der Waals surface area contributed by atoms with E-state index in [1.165, 1.54) is 5.56 Å². The number of hydrogen-bond acceptors (Lipinski definition) is 4. The van der Waals surface area contributed by atoms with Crippen molar-refractivity contribution in [1.29, 1.82) is 0 Å². The number of rotatable bonds is 4. The first-order chi connectivity index (χ1) is 9.08. The monoisotopic (exact) mass is 256 g/mol. The molecule has 0 saturated carbocycles. The van der Waals surface area contributed by atoms with E-state index in [0.29, 0.717) is 29.9 Å². The summed E-state index contributed by atoms with van der Waals surface area (Å²) >= 11 is 0. The third-order valence-corrected chi connectivity index (χ3v) is 2.83. The molecule has 0 aliphatic rings. The van der Waals surface area contributed by atoms with Crippen molar-refractivity contribution in [3.63, 3.8) is 0 Å². The Morgan fingerprint density at radius 1 is 1.05 bits per heavy atom. The Labute approximate surface area is 114 Å². The SMILES string of the molecule is Cc1nc(CN)nc(-c2ccc(CC(C)C)cc2)n1. The second kappa shape index (κ2) is 5.89.